The van der Waals surface area contributed by atoms with E-state index >= 15 is 0 Å². The van der Waals surface area contributed by atoms with E-state index in [9.17, 15) is 0 Å². The minimum atomic E-state index is 0.709. The van der Waals surface area contributed by atoms with Gasteiger partial charge in [0.2, 0.25) is 0 Å². The molecule has 8 nitrogen and oxygen atoms in total. The van der Waals surface area contributed by atoms with Crippen molar-refractivity contribution >= 4 is 27.4 Å². The molecular formula is C23H27N7OS. The van der Waals surface area contributed by atoms with Gasteiger partial charge < -0.3 is 10.1 Å². The molecule has 0 spiro atoms. The van der Waals surface area contributed by atoms with Crippen molar-refractivity contribution in [3.63, 3.8) is 0 Å². The molecule has 0 amide bonds. The molecule has 5 rings (SSSR count). The first-order valence-electron chi connectivity index (χ1n) is 10.9. The van der Waals surface area contributed by atoms with Crippen LogP contribution in [0.1, 0.15) is 27.4 Å². The van der Waals surface area contributed by atoms with Crippen LogP contribution in [0.3, 0.4) is 0 Å². The molecule has 0 bridgehead atoms. The molecule has 1 aliphatic heterocycles. The molecule has 32 heavy (non-hydrogen) atoms. The van der Waals surface area contributed by atoms with Crippen molar-refractivity contribution in [1.29, 1.82) is 0 Å². The molecule has 1 aliphatic rings. The highest BCUT2D eigenvalue weighted by molar-refractivity contribution is 7.18. The van der Waals surface area contributed by atoms with Crippen LogP contribution < -0.4 is 5.32 Å². The third-order valence-electron chi connectivity index (χ3n) is 5.84. The number of morpholine rings is 1. The first-order chi connectivity index (χ1) is 15.7. The number of rotatable bonds is 7. The van der Waals surface area contributed by atoms with Gasteiger partial charge in [-0.15, -0.1) is 11.3 Å². The van der Waals surface area contributed by atoms with E-state index in [0.29, 0.717) is 6.54 Å². The standard InChI is InChI=1S/C23H27N7OS/c1-16-17(2)32-23-21(16)22(27-20(28-23)13-29-7-9-31-10-8-29)25-11-18-3-5-19(6-4-18)12-30-15-24-14-26-30/h3-6,14-15H,7-13H2,1-2H3,(H,25,27,28). The van der Waals surface area contributed by atoms with E-state index in [1.807, 2.05) is 4.68 Å². The van der Waals surface area contributed by atoms with Crippen LogP contribution in [0.25, 0.3) is 10.2 Å². The Morgan fingerprint density at radius 3 is 2.56 bits per heavy atom. The van der Waals surface area contributed by atoms with Gasteiger partial charge in [-0.05, 0) is 30.5 Å². The lowest BCUT2D eigenvalue weighted by molar-refractivity contribution is 0.0331. The van der Waals surface area contributed by atoms with Gasteiger partial charge in [0.1, 0.15) is 29.1 Å². The van der Waals surface area contributed by atoms with Crippen LogP contribution in [0.5, 0.6) is 0 Å². The summed E-state index contributed by atoms with van der Waals surface area (Å²) >= 11 is 1.75. The second kappa shape index (κ2) is 9.32. The Kier molecular flexibility index (Phi) is 6.11. The molecule has 0 unspecified atom stereocenters. The van der Waals surface area contributed by atoms with Gasteiger partial charge in [-0.25, -0.2) is 19.6 Å². The number of aryl methyl sites for hydroxylation is 2. The lowest BCUT2D eigenvalue weighted by atomic mass is 10.1. The highest BCUT2D eigenvalue weighted by Gasteiger charge is 2.17. The van der Waals surface area contributed by atoms with E-state index in [2.05, 4.69) is 58.4 Å². The third-order valence-corrected chi connectivity index (χ3v) is 6.94. The summed E-state index contributed by atoms with van der Waals surface area (Å²) in [4.78, 5) is 18.5. The van der Waals surface area contributed by atoms with Gasteiger partial charge >= 0.3 is 0 Å². The first-order valence-corrected chi connectivity index (χ1v) is 11.7. The van der Waals surface area contributed by atoms with Crippen LogP contribution in [0, 0.1) is 13.8 Å². The summed E-state index contributed by atoms with van der Waals surface area (Å²) in [5.41, 5.74) is 3.66. The smallest absolute Gasteiger partial charge is 0.146 e. The maximum Gasteiger partial charge on any atom is 0.146 e. The van der Waals surface area contributed by atoms with Crippen molar-refractivity contribution in [2.75, 3.05) is 31.6 Å². The summed E-state index contributed by atoms with van der Waals surface area (Å²) in [6.45, 7) is 9.89. The largest absolute Gasteiger partial charge is 0.379 e. The number of benzene rings is 1. The number of ether oxygens (including phenoxy) is 1. The summed E-state index contributed by atoms with van der Waals surface area (Å²) in [7, 11) is 0. The van der Waals surface area contributed by atoms with Gasteiger partial charge in [-0.1, -0.05) is 24.3 Å². The number of thiophene rings is 1. The van der Waals surface area contributed by atoms with E-state index in [1.165, 1.54) is 21.6 Å². The number of nitrogens with zero attached hydrogens (tertiary/aromatic N) is 6. The molecule has 1 fully saturated rings. The van der Waals surface area contributed by atoms with Crippen LogP contribution in [-0.2, 0) is 24.4 Å². The Morgan fingerprint density at radius 1 is 1.03 bits per heavy atom. The Labute approximate surface area is 191 Å². The van der Waals surface area contributed by atoms with Crippen molar-refractivity contribution < 1.29 is 4.74 Å². The Bertz CT molecular complexity index is 1180. The number of nitrogens with one attached hydrogen (secondary N) is 1. The van der Waals surface area contributed by atoms with Crippen molar-refractivity contribution in [2.24, 2.45) is 0 Å². The average Bonchev–Trinajstić information content (AvgIpc) is 3.41. The predicted octanol–water partition coefficient (Wildman–Crippen LogP) is 3.39. The zero-order valence-electron chi connectivity index (χ0n) is 18.4. The van der Waals surface area contributed by atoms with E-state index in [4.69, 9.17) is 14.7 Å². The zero-order chi connectivity index (χ0) is 21.9. The van der Waals surface area contributed by atoms with Crippen LogP contribution in [0.2, 0.25) is 0 Å². The van der Waals surface area contributed by atoms with Crippen LogP contribution >= 0.6 is 11.3 Å². The fourth-order valence-electron chi connectivity index (χ4n) is 3.90. The van der Waals surface area contributed by atoms with Crippen LogP contribution in [-0.4, -0.2) is 55.9 Å². The Balaban J connectivity index is 1.34. The summed E-state index contributed by atoms with van der Waals surface area (Å²) in [6.07, 6.45) is 3.29. The molecular weight excluding hydrogens is 422 g/mol. The summed E-state index contributed by atoms with van der Waals surface area (Å²) in [5.74, 6) is 1.79. The summed E-state index contributed by atoms with van der Waals surface area (Å²) in [5, 5.41) is 8.89. The van der Waals surface area contributed by atoms with E-state index in [1.54, 1.807) is 24.0 Å². The van der Waals surface area contributed by atoms with E-state index < -0.39 is 0 Å². The molecule has 0 radical (unpaired) electrons. The topological polar surface area (TPSA) is 81.0 Å². The molecule has 1 N–H and O–H groups in total. The molecule has 0 saturated carbocycles. The molecule has 166 valence electrons. The molecule has 1 saturated heterocycles. The number of anilines is 1. The lowest BCUT2D eigenvalue weighted by Crippen LogP contribution is -2.36. The van der Waals surface area contributed by atoms with Crippen LogP contribution in [0.15, 0.2) is 36.9 Å². The minimum Gasteiger partial charge on any atom is -0.379 e. The number of aromatic nitrogens is 5. The zero-order valence-corrected chi connectivity index (χ0v) is 19.2. The molecule has 0 atom stereocenters. The van der Waals surface area contributed by atoms with Gasteiger partial charge in [-0.2, -0.15) is 5.10 Å². The molecule has 0 aliphatic carbocycles. The molecule has 3 aromatic heterocycles. The van der Waals surface area contributed by atoms with Gasteiger partial charge in [-0.3, -0.25) is 4.90 Å². The quantitative estimate of drug-likeness (QED) is 0.463. The number of hydrogen-bond donors (Lipinski definition) is 1. The highest BCUT2D eigenvalue weighted by Crippen LogP contribution is 2.33. The summed E-state index contributed by atoms with van der Waals surface area (Å²) < 4.78 is 7.30. The van der Waals surface area contributed by atoms with Crippen molar-refractivity contribution in [2.45, 2.75) is 33.5 Å². The second-order valence-electron chi connectivity index (χ2n) is 8.10. The van der Waals surface area contributed by atoms with Crippen molar-refractivity contribution in [1.82, 2.24) is 29.6 Å². The van der Waals surface area contributed by atoms with E-state index in [0.717, 1.165) is 61.3 Å². The van der Waals surface area contributed by atoms with Crippen LogP contribution in [0.4, 0.5) is 5.82 Å². The van der Waals surface area contributed by atoms with Gasteiger partial charge in [0.25, 0.3) is 0 Å². The molecule has 9 heteroatoms. The summed E-state index contributed by atoms with van der Waals surface area (Å²) in [6, 6.07) is 8.58. The van der Waals surface area contributed by atoms with Crippen molar-refractivity contribution in [3.8, 4) is 0 Å². The maximum absolute atomic E-state index is 5.47. The molecule has 1 aromatic carbocycles. The number of hydrogen-bond acceptors (Lipinski definition) is 8. The molecule has 4 aromatic rings. The maximum atomic E-state index is 5.47. The first kappa shape index (κ1) is 21.0. The Morgan fingerprint density at radius 2 is 1.81 bits per heavy atom. The highest BCUT2D eigenvalue weighted by atomic mass is 32.1. The SMILES string of the molecule is Cc1sc2nc(CN3CCOCC3)nc(NCc3ccc(Cn4cncn4)cc3)c2c1C. The van der Waals surface area contributed by atoms with Gasteiger partial charge in [0, 0.05) is 24.5 Å². The Hall–Kier alpha value is -2.88. The fraction of sp³-hybridized carbons (Fsp3) is 0.391. The molecule has 4 heterocycles. The van der Waals surface area contributed by atoms with Gasteiger partial charge in [0.15, 0.2) is 0 Å². The third kappa shape index (κ3) is 4.64. The predicted molar refractivity (Wildman–Crippen MR) is 126 cm³/mol. The lowest BCUT2D eigenvalue weighted by Gasteiger charge is -2.25. The van der Waals surface area contributed by atoms with E-state index in [-0.39, 0.29) is 0 Å². The van der Waals surface area contributed by atoms with Crippen molar-refractivity contribution in [3.05, 3.63) is 64.3 Å². The monoisotopic (exact) mass is 449 g/mol. The fourth-order valence-corrected chi connectivity index (χ4v) is 4.95. The second-order valence-corrected chi connectivity index (χ2v) is 9.31. The average molecular weight is 450 g/mol. The number of fused-ring (bicyclic) bond motifs is 1. The van der Waals surface area contributed by atoms with Gasteiger partial charge in [0.05, 0.1) is 31.7 Å². The minimum absolute atomic E-state index is 0.709. The normalized spacial score (nSPS) is 14.8.